The quantitative estimate of drug-likeness (QED) is 0.747. The van der Waals surface area contributed by atoms with Crippen LogP contribution in [0.15, 0.2) is 48.8 Å². The molecule has 0 aliphatic carbocycles. The van der Waals surface area contributed by atoms with Crippen LogP contribution in [0.4, 0.5) is 0 Å². The van der Waals surface area contributed by atoms with Gasteiger partial charge in [-0.05, 0) is 18.2 Å². The first-order chi connectivity index (χ1) is 9.34. The summed E-state index contributed by atoms with van der Waals surface area (Å²) in [5.41, 5.74) is 2.31. The zero-order chi connectivity index (χ0) is 13.1. The van der Waals surface area contributed by atoms with Gasteiger partial charge in [0.05, 0.1) is 23.3 Å². The number of aromatic amines is 1. The van der Waals surface area contributed by atoms with Crippen LogP contribution in [0.5, 0.6) is 0 Å². The topological polar surface area (TPSA) is 70.7 Å². The van der Waals surface area contributed by atoms with E-state index in [0.29, 0.717) is 12.1 Å². The Morgan fingerprint density at radius 3 is 2.89 bits per heavy atom. The van der Waals surface area contributed by atoms with Gasteiger partial charge in [0.25, 0.3) is 5.91 Å². The van der Waals surface area contributed by atoms with Crippen LogP contribution in [0.1, 0.15) is 16.1 Å². The Kier molecular flexibility index (Phi) is 2.94. The molecule has 2 aromatic heterocycles. The van der Waals surface area contributed by atoms with Gasteiger partial charge < -0.3 is 5.32 Å². The third-order valence-electron chi connectivity index (χ3n) is 2.89. The molecule has 19 heavy (non-hydrogen) atoms. The van der Waals surface area contributed by atoms with Gasteiger partial charge >= 0.3 is 0 Å². The lowest BCUT2D eigenvalue weighted by Crippen LogP contribution is -2.23. The fourth-order valence-electron chi connectivity index (χ4n) is 1.95. The third-order valence-corrected chi connectivity index (χ3v) is 2.89. The number of hydrogen-bond donors (Lipinski definition) is 2. The van der Waals surface area contributed by atoms with Gasteiger partial charge in [-0.3, -0.25) is 14.9 Å². The molecular weight excluding hydrogens is 240 g/mol. The van der Waals surface area contributed by atoms with E-state index in [1.807, 2.05) is 30.3 Å². The summed E-state index contributed by atoms with van der Waals surface area (Å²) in [4.78, 5) is 16.4. The van der Waals surface area contributed by atoms with Gasteiger partial charge in [-0.25, -0.2) is 0 Å². The van der Waals surface area contributed by atoms with Crippen LogP contribution in [-0.4, -0.2) is 21.1 Å². The summed E-state index contributed by atoms with van der Waals surface area (Å²) in [5.74, 6) is -0.117. The molecule has 3 rings (SSSR count). The fraction of sp³-hybridized carbons (Fsp3) is 0.0714. The van der Waals surface area contributed by atoms with E-state index in [1.54, 1.807) is 18.5 Å². The van der Waals surface area contributed by atoms with Gasteiger partial charge in [0, 0.05) is 17.8 Å². The number of aromatic nitrogens is 3. The van der Waals surface area contributed by atoms with Crippen LogP contribution in [0.2, 0.25) is 0 Å². The predicted molar refractivity (Wildman–Crippen MR) is 71.5 cm³/mol. The molecular formula is C14H12N4O. The minimum Gasteiger partial charge on any atom is -0.346 e. The lowest BCUT2D eigenvalue weighted by molar-refractivity contribution is 0.0952. The predicted octanol–water partition coefficient (Wildman–Crippen LogP) is 1.89. The molecule has 0 fully saturated rings. The molecule has 0 saturated heterocycles. The maximum atomic E-state index is 12.2. The summed E-state index contributed by atoms with van der Waals surface area (Å²) in [6.07, 6.45) is 3.30. The van der Waals surface area contributed by atoms with Crippen molar-refractivity contribution in [2.24, 2.45) is 0 Å². The first-order valence-electron chi connectivity index (χ1n) is 5.95. The smallest absolute Gasteiger partial charge is 0.252 e. The van der Waals surface area contributed by atoms with Crippen LogP contribution >= 0.6 is 0 Å². The first-order valence-corrected chi connectivity index (χ1v) is 5.95. The van der Waals surface area contributed by atoms with Crippen LogP contribution in [0, 0.1) is 0 Å². The maximum Gasteiger partial charge on any atom is 0.252 e. The molecule has 2 N–H and O–H groups in total. The number of nitrogens with one attached hydrogen (secondary N) is 2. The van der Waals surface area contributed by atoms with Gasteiger partial charge in [0.2, 0.25) is 0 Å². The van der Waals surface area contributed by atoms with Crippen molar-refractivity contribution in [3.05, 3.63) is 60.0 Å². The number of H-pyrrole nitrogens is 1. The Morgan fingerprint density at radius 1 is 1.16 bits per heavy atom. The number of carbonyl (C=O) groups is 1. The number of amides is 1. The molecule has 0 unspecified atom stereocenters. The van der Waals surface area contributed by atoms with E-state index in [0.717, 1.165) is 16.6 Å². The highest BCUT2D eigenvalue weighted by molar-refractivity contribution is 6.05. The first kappa shape index (κ1) is 11.4. The number of benzene rings is 1. The molecule has 0 aliphatic rings. The van der Waals surface area contributed by atoms with Crippen LogP contribution < -0.4 is 5.32 Å². The van der Waals surface area contributed by atoms with Gasteiger partial charge in [0.15, 0.2) is 0 Å². The van der Waals surface area contributed by atoms with Crippen molar-refractivity contribution in [3.63, 3.8) is 0 Å². The number of nitrogens with zero attached hydrogens (tertiary/aromatic N) is 2. The zero-order valence-electron chi connectivity index (χ0n) is 10.1. The summed E-state index contributed by atoms with van der Waals surface area (Å²) in [5, 5.41) is 10.3. The zero-order valence-corrected chi connectivity index (χ0v) is 10.1. The molecule has 94 valence electrons. The molecule has 0 aliphatic heterocycles. The summed E-state index contributed by atoms with van der Waals surface area (Å²) in [6.45, 7) is 0.426. The lowest BCUT2D eigenvalue weighted by atomic mass is 10.1. The van der Waals surface area contributed by atoms with E-state index >= 15 is 0 Å². The normalized spacial score (nSPS) is 10.5. The van der Waals surface area contributed by atoms with Crippen LogP contribution in [0.3, 0.4) is 0 Å². The van der Waals surface area contributed by atoms with Gasteiger partial charge in [-0.2, -0.15) is 5.10 Å². The van der Waals surface area contributed by atoms with E-state index in [2.05, 4.69) is 20.5 Å². The Morgan fingerprint density at radius 2 is 2.05 bits per heavy atom. The van der Waals surface area contributed by atoms with E-state index in [-0.39, 0.29) is 5.91 Å². The lowest BCUT2D eigenvalue weighted by Gasteiger charge is -2.06. The Labute approximate surface area is 109 Å². The summed E-state index contributed by atoms with van der Waals surface area (Å²) >= 11 is 0. The Hall–Kier alpha value is -2.69. The van der Waals surface area contributed by atoms with Crippen molar-refractivity contribution in [2.45, 2.75) is 6.54 Å². The Bertz CT molecular complexity index is 701. The SMILES string of the molecule is O=C(NCc1ccn[nH]1)c1ccnc2ccccc12. The second-order valence-electron chi connectivity index (χ2n) is 4.14. The molecule has 0 radical (unpaired) electrons. The standard InChI is InChI=1S/C14H12N4O/c19-14(16-9-10-5-8-17-18-10)12-6-7-15-13-4-2-1-3-11(12)13/h1-8H,9H2,(H,16,19)(H,17,18). The fourth-order valence-corrected chi connectivity index (χ4v) is 1.95. The molecule has 0 bridgehead atoms. The number of para-hydroxylation sites is 1. The molecule has 1 aromatic carbocycles. The number of carbonyl (C=O) groups excluding carboxylic acids is 1. The summed E-state index contributed by atoms with van der Waals surface area (Å²) < 4.78 is 0. The van der Waals surface area contributed by atoms with E-state index < -0.39 is 0 Å². The van der Waals surface area contributed by atoms with Crippen molar-refractivity contribution >= 4 is 16.8 Å². The molecule has 0 spiro atoms. The largest absolute Gasteiger partial charge is 0.346 e. The number of hydrogen-bond acceptors (Lipinski definition) is 3. The number of pyridine rings is 1. The van der Waals surface area contributed by atoms with Gasteiger partial charge in [-0.15, -0.1) is 0 Å². The molecule has 2 heterocycles. The average Bonchev–Trinajstić information content (AvgIpc) is 2.97. The monoisotopic (exact) mass is 252 g/mol. The van der Waals surface area contributed by atoms with Crippen LogP contribution in [0.25, 0.3) is 10.9 Å². The highest BCUT2D eigenvalue weighted by Crippen LogP contribution is 2.15. The van der Waals surface area contributed by atoms with E-state index in [4.69, 9.17) is 0 Å². The van der Waals surface area contributed by atoms with Crippen LogP contribution in [-0.2, 0) is 6.54 Å². The maximum absolute atomic E-state index is 12.2. The third kappa shape index (κ3) is 2.30. The Balaban J connectivity index is 1.85. The molecule has 1 amide bonds. The van der Waals surface area contributed by atoms with E-state index in [1.165, 1.54) is 0 Å². The minimum absolute atomic E-state index is 0.117. The second-order valence-corrected chi connectivity index (χ2v) is 4.14. The van der Waals surface area contributed by atoms with Crippen molar-refractivity contribution < 1.29 is 4.79 Å². The van der Waals surface area contributed by atoms with Crippen molar-refractivity contribution in [3.8, 4) is 0 Å². The average molecular weight is 252 g/mol. The van der Waals surface area contributed by atoms with Gasteiger partial charge in [0.1, 0.15) is 0 Å². The molecule has 5 nitrogen and oxygen atoms in total. The molecule has 0 atom stereocenters. The molecule has 5 heteroatoms. The second kappa shape index (κ2) is 4.89. The van der Waals surface area contributed by atoms with Gasteiger partial charge in [-0.1, -0.05) is 18.2 Å². The highest BCUT2D eigenvalue weighted by Gasteiger charge is 2.09. The van der Waals surface area contributed by atoms with Crippen molar-refractivity contribution in [1.82, 2.24) is 20.5 Å². The van der Waals surface area contributed by atoms with Crippen molar-refractivity contribution in [2.75, 3.05) is 0 Å². The summed E-state index contributed by atoms with van der Waals surface area (Å²) in [6, 6.07) is 11.1. The number of rotatable bonds is 3. The number of fused-ring (bicyclic) bond motifs is 1. The molecule has 0 saturated carbocycles. The van der Waals surface area contributed by atoms with E-state index in [9.17, 15) is 4.79 Å². The minimum atomic E-state index is -0.117. The summed E-state index contributed by atoms with van der Waals surface area (Å²) in [7, 11) is 0. The highest BCUT2D eigenvalue weighted by atomic mass is 16.1. The molecule has 3 aromatic rings. The van der Waals surface area contributed by atoms with Crippen molar-refractivity contribution in [1.29, 1.82) is 0 Å².